The Bertz CT molecular complexity index is 765. The molecule has 0 amide bonds. The van der Waals surface area contributed by atoms with Gasteiger partial charge in [0.25, 0.3) is 0 Å². The molecule has 1 fully saturated rings. The summed E-state index contributed by atoms with van der Waals surface area (Å²) < 4.78 is 40.6. The van der Waals surface area contributed by atoms with Crippen LogP contribution in [0.15, 0.2) is 36.4 Å². The zero-order valence-corrected chi connectivity index (χ0v) is 12.5. The van der Waals surface area contributed by atoms with E-state index in [0.717, 1.165) is 5.56 Å². The molecule has 1 aliphatic rings. The second-order valence-electron chi connectivity index (χ2n) is 5.74. The van der Waals surface area contributed by atoms with Gasteiger partial charge in [-0.1, -0.05) is 36.4 Å². The zero-order valence-electron chi connectivity index (χ0n) is 12.5. The summed E-state index contributed by atoms with van der Waals surface area (Å²) in [5.41, 5.74) is 1.80. The Morgan fingerprint density at radius 2 is 1.78 bits per heavy atom. The van der Waals surface area contributed by atoms with E-state index in [0.29, 0.717) is 5.56 Å². The summed E-state index contributed by atoms with van der Waals surface area (Å²) in [6.45, 7) is 0.955. The third-order valence-electron chi connectivity index (χ3n) is 4.37. The number of rotatable bonds is 3. The first-order valence-corrected chi connectivity index (χ1v) is 7.33. The summed E-state index contributed by atoms with van der Waals surface area (Å²) in [6.07, 6.45) is 0. The highest BCUT2D eigenvalue weighted by molar-refractivity contribution is 5.65. The molecule has 1 heterocycles. The van der Waals surface area contributed by atoms with E-state index in [1.54, 1.807) is 24.3 Å². The van der Waals surface area contributed by atoms with Gasteiger partial charge < -0.3 is 0 Å². The lowest BCUT2D eigenvalue weighted by Crippen LogP contribution is -2.59. The molecule has 118 valence electrons. The lowest BCUT2D eigenvalue weighted by molar-refractivity contribution is 0.210. The summed E-state index contributed by atoms with van der Waals surface area (Å²) in [4.78, 5) is 0. The van der Waals surface area contributed by atoms with Crippen LogP contribution in [0.5, 0.6) is 0 Å². The van der Waals surface area contributed by atoms with Gasteiger partial charge in [0, 0.05) is 17.5 Å². The predicted molar refractivity (Wildman–Crippen MR) is 81.6 cm³/mol. The number of benzene rings is 2. The molecule has 1 saturated heterocycles. The van der Waals surface area contributed by atoms with Gasteiger partial charge in [0.15, 0.2) is 11.6 Å². The molecular formula is C18H15F3N2. The van der Waals surface area contributed by atoms with Crippen LogP contribution in [0.3, 0.4) is 0 Å². The summed E-state index contributed by atoms with van der Waals surface area (Å²) in [5, 5.41) is 11.9. The Morgan fingerprint density at radius 1 is 1.09 bits per heavy atom. The first kappa shape index (κ1) is 15.6. The smallest absolute Gasteiger partial charge is 0.166 e. The minimum Gasteiger partial charge on any atom is -0.295 e. The molecule has 0 spiro atoms. The van der Waals surface area contributed by atoms with Crippen LogP contribution in [-0.2, 0) is 0 Å². The number of hydrogen-bond donors (Lipinski definition) is 1. The maximum atomic E-state index is 14.0. The Kier molecular flexibility index (Phi) is 4.10. The average Bonchev–Trinajstić information content (AvgIpc) is 2.54. The van der Waals surface area contributed by atoms with Crippen LogP contribution in [0, 0.1) is 29.9 Å². The summed E-state index contributed by atoms with van der Waals surface area (Å²) >= 11 is 0. The molecule has 5 heteroatoms. The first-order valence-electron chi connectivity index (χ1n) is 7.33. The first-order chi connectivity index (χ1) is 11.1. The van der Waals surface area contributed by atoms with Crippen LogP contribution in [-0.4, -0.2) is 18.8 Å². The molecule has 0 saturated carbocycles. The molecule has 0 unspecified atom stereocenters. The lowest BCUT2D eigenvalue weighted by Gasteiger charge is -2.41. The molecule has 0 bridgehead atoms. The molecule has 2 nitrogen and oxygen atoms in total. The topological polar surface area (TPSA) is 35.8 Å². The molecule has 3 atom stereocenters. The van der Waals surface area contributed by atoms with Gasteiger partial charge in [-0.3, -0.25) is 5.32 Å². The van der Waals surface area contributed by atoms with E-state index in [-0.39, 0.29) is 23.1 Å². The monoisotopic (exact) mass is 316 g/mol. The molecule has 1 N–H and O–H groups in total. The van der Waals surface area contributed by atoms with Gasteiger partial charge in [-0.2, -0.15) is 5.26 Å². The molecule has 2 aromatic rings. The third-order valence-corrected chi connectivity index (χ3v) is 4.37. The molecule has 1 aliphatic heterocycles. The van der Waals surface area contributed by atoms with Gasteiger partial charge in [-0.05, 0) is 23.6 Å². The molecule has 0 radical (unpaired) electrons. The van der Waals surface area contributed by atoms with Crippen molar-refractivity contribution in [2.24, 2.45) is 0 Å². The van der Waals surface area contributed by atoms with Gasteiger partial charge >= 0.3 is 0 Å². The van der Waals surface area contributed by atoms with Crippen LogP contribution < -0.4 is 5.32 Å². The summed E-state index contributed by atoms with van der Waals surface area (Å²) in [6, 6.07) is 11.2. The van der Waals surface area contributed by atoms with Gasteiger partial charge in [0.05, 0.1) is 6.07 Å². The van der Waals surface area contributed by atoms with Crippen molar-refractivity contribution in [2.75, 3.05) is 6.67 Å². The Labute approximate surface area is 132 Å². The average molecular weight is 316 g/mol. The van der Waals surface area contributed by atoms with E-state index in [2.05, 4.69) is 11.4 Å². The van der Waals surface area contributed by atoms with Crippen molar-refractivity contribution < 1.29 is 13.2 Å². The molecular weight excluding hydrogens is 301 g/mol. The molecule has 0 aromatic heterocycles. The highest BCUT2D eigenvalue weighted by Gasteiger charge is 2.41. The van der Waals surface area contributed by atoms with Crippen LogP contribution in [0.4, 0.5) is 13.2 Å². The maximum absolute atomic E-state index is 14.0. The van der Waals surface area contributed by atoms with Crippen molar-refractivity contribution in [3.63, 3.8) is 0 Å². The Morgan fingerprint density at radius 3 is 2.39 bits per heavy atom. The van der Waals surface area contributed by atoms with Crippen molar-refractivity contribution in [2.45, 2.75) is 24.9 Å². The fourth-order valence-corrected chi connectivity index (χ4v) is 2.99. The van der Waals surface area contributed by atoms with Crippen LogP contribution in [0.25, 0.3) is 11.1 Å². The number of aryl methyl sites for hydroxylation is 1. The van der Waals surface area contributed by atoms with Crippen molar-refractivity contribution in [3.8, 4) is 17.2 Å². The van der Waals surface area contributed by atoms with Crippen LogP contribution in [0.1, 0.15) is 17.0 Å². The normalized spacial score (nSPS) is 23.2. The number of nitrogens with zero attached hydrogens (tertiary/aromatic N) is 1. The van der Waals surface area contributed by atoms with E-state index < -0.39 is 24.4 Å². The second kappa shape index (κ2) is 6.05. The summed E-state index contributed by atoms with van der Waals surface area (Å²) in [5.74, 6) is -1.95. The highest BCUT2D eigenvalue weighted by atomic mass is 19.2. The van der Waals surface area contributed by atoms with E-state index in [9.17, 15) is 13.2 Å². The largest absolute Gasteiger partial charge is 0.295 e. The van der Waals surface area contributed by atoms with Gasteiger partial charge in [-0.15, -0.1) is 0 Å². The Hall–Kier alpha value is -2.32. The molecule has 23 heavy (non-hydrogen) atoms. The van der Waals surface area contributed by atoms with E-state index in [1.165, 1.54) is 19.1 Å². The fraction of sp³-hybridized carbons (Fsp3) is 0.278. The highest BCUT2D eigenvalue weighted by Crippen LogP contribution is 2.34. The Balaban J connectivity index is 1.91. The van der Waals surface area contributed by atoms with E-state index in [1.807, 2.05) is 0 Å². The second-order valence-corrected chi connectivity index (χ2v) is 5.74. The van der Waals surface area contributed by atoms with E-state index in [4.69, 9.17) is 5.26 Å². The fourth-order valence-electron chi connectivity index (χ4n) is 2.99. The van der Waals surface area contributed by atoms with Gasteiger partial charge in [0.1, 0.15) is 12.7 Å². The number of alkyl halides is 1. The third kappa shape index (κ3) is 2.60. The molecule has 0 aliphatic carbocycles. The lowest BCUT2D eigenvalue weighted by atomic mass is 9.78. The molecule has 3 rings (SSSR count). The number of hydrogen-bond acceptors (Lipinski definition) is 2. The quantitative estimate of drug-likeness (QED) is 0.933. The van der Waals surface area contributed by atoms with Crippen molar-refractivity contribution in [1.82, 2.24) is 5.32 Å². The van der Waals surface area contributed by atoms with E-state index >= 15 is 0 Å². The standard InChI is InChI=1S/C18H15F3N2/c1-10-2-7-13(18(21)17(10)20)11-3-5-12(6-4-11)16-14(8-19)23-15(16)9-22/h2-7,14-16,23H,8H2,1H3/t14-,15-,16+/m0/s1. The number of nitriles is 1. The van der Waals surface area contributed by atoms with Crippen molar-refractivity contribution in [1.29, 1.82) is 5.26 Å². The van der Waals surface area contributed by atoms with Gasteiger partial charge in [-0.25, -0.2) is 13.2 Å². The SMILES string of the molecule is Cc1ccc(-c2ccc([C@H]3[C@H](C#N)N[C@H]3CF)cc2)c(F)c1F. The van der Waals surface area contributed by atoms with Crippen molar-refractivity contribution >= 4 is 0 Å². The van der Waals surface area contributed by atoms with Crippen LogP contribution >= 0.6 is 0 Å². The minimum atomic E-state index is -0.875. The predicted octanol–water partition coefficient (Wildman–Crippen LogP) is 3.86. The molecule has 2 aromatic carbocycles. The maximum Gasteiger partial charge on any atom is 0.166 e. The number of halogens is 3. The van der Waals surface area contributed by atoms with Gasteiger partial charge in [0.2, 0.25) is 0 Å². The van der Waals surface area contributed by atoms with Crippen LogP contribution in [0.2, 0.25) is 0 Å². The minimum absolute atomic E-state index is 0.185. The van der Waals surface area contributed by atoms with Crippen molar-refractivity contribution in [3.05, 3.63) is 59.2 Å². The number of nitrogens with one attached hydrogen (secondary N) is 1. The summed E-state index contributed by atoms with van der Waals surface area (Å²) in [7, 11) is 0. The zero-order chi connectivity index (χ0) is 16.6.